The fourth-order valence-electron chi connectivity index (χ4n) is 1.58. The first-order valence-corrected chi connectivity index (χ1v) is 6.62. The molecule has 1 amide bonds. The van der Waals surface area contributed by atoms with Gasteiger partial charge in [0.25, 0.3) is 0 Å². The molecule has 1 N–H and O–H groups in total. The van der Waals surface area contributed by atoms with Crippen molar-refractivity contribution in [3.05, 3.63) is 48.0 Å². The lowest BCUT2D eigenvalue weighted by Gasteiger charge is -2.22. The average molecular weight is 291 g/mol. The Morgan fingerprint density at radius 1 is 1.19 bits per heavy atom. The first-order valence-electron chi connectivity index (χ1n) is 6.62. The minimum Gasteiger partial charge on any atom is -0.466 e. The molecular weight excluding hydrogens is 270 g/mol. The normalized spacial score (nSPS) is 12.8. The Labute approximate surface area is 124 Å². The van der Waals surface area contributed by atoms with Gasteiger partial charge in [-0.25, -0.2) is 9.59 Å². The summed E-state index contributed by atoms with van der Waals surface area (Å²) in [5.41, 5.74) is 0.251. The Hall–Kier alpha value is -2.30. The van der Waals surface area contributed by atoms with Crippen LogP contribution in [0.3, 0.4) is 0 Å². The van der Waals surface area contributed by atoms with Gasteiger partial charge in [-0.1, -0.05) is 36.4 Å². The summed E-state index contributed by atoms with van der Waals surface area (Å²) in [6.45, 7) is 5.36. The van der Waals surface area contributed by atoms with E-state index in [0.29, 0.717) is 0 Å². The molecule has 0 spiro atoms. The number of benzene rings is 1. The van der Waals surface area contributed by atoms with E-state index in [-0.39, 0.29) is 0 Å². The molecule has 0 heterocycles. The van der Waals surface area contributed by atoms with E-state index in [1.807, 2.05) is 30.3 Å². The Bertz CT molecular complexity index is 503. The van der Waals surface area contributed by atoms with E-state index in [4.69, 9.17) is 4.74 Å². The number of alkyl carbamates (subject to hydrolysis) is 1. The summed E-state index contributed by atoms with van der Waals surface area (Å²) >= 11 is 0. The van der Waals surface area contributed by atoms with Gasteiger partial charge in [0.15, 0.2) is 0 Å². The molecule has 0 aliphatic rings. The smallest absolute Gasteiger partial charge is 0.408 e. The number of hydrogen-bond acceptors (Lipinski definition) is 4. The van der Waals surface area contributed by atoms with E-state index in [1.165, 1.54) is 13.2 Å². The third kappa shape index (κ3) is 6.61. The van der Waals surface area contributed by atoms with Crippen molar-refractivity contribution >= 4 is 12.1 Å². The third-order valence-corrected chi connectivity index (χ3v) is 2.46. The number of hydrogen-bond donors (Lipinski definition) is 1. The van der Waals surface area contributed by atoms with Gasteiger partial charge >= 0.3 is 12.1 Å². The van der Waals surface area contributed by atoms with E-state index in [0.717, 1.165) is 5.56 Å². The number of carbonyl (C=O) groups is 2. The maximum absolute atomic E-state index is 11.9. The predicted molar refractivity (Wildman–Crippen MR) is 79.7 cm³/mol. The fraction of sp³-hybridized carbons (Fsp3) is 0.375. The lowest BCUT2D eigenvalue weighted by Crippen LogP contribution is -2.34. The lowest BCUT2D eigenvalue weighted by molar-refractivity contribution is -0.134. The summed E-state index contributed by atoms with van der Waals surface area (Å²) in [5, 5.41) is 2.71. The number of carbonyl (C=O) groups excluding carboxylic acids is 2. The lowest BCUT2D eigenvalue weighted by atomic mass is 10.1. The van der Waals surface area contributed by atoms with Crippen LogP contribution in [0.1, 0.15) is 32.4 Å². The van der Waals surface area contributed by atoms with Crippen LogP contribution in [0.5, 0.6) is 0 Å². The standard InChI is InChI=1S/C16H21NO4/c1-16(2,3)21-15(19)17-13(10-11-14(18)20-4)12-8-6-5-7-9-12/h5-11,13H,1-4H3,(H,17,19)/b11-10+/t13-/m0/s1. The molecule has 1 aromatic carbocycles. The average Bonchev–Trinajstić information content (AvgIpc) is 2.42. The molecule has 0 aromatic heterocycles. The fourth-order valence-corrected chi connectivity index (χ4v) is 1.58. The second-order valence-corrected chi connectivity index (χ2v) is 5.42. The summed E-state index contributed by atoms with van der Waals surface area (Å²) in [5.74, 6) is -0.484. The quantitative estimate of drug-likeness (QED) is 0.684. The predicted octanol–water partition coefficient (Wildman–Crippen LogP) is 2.98. The highest BCUT2D eigenvalue weighted by Crippen LogP contribution is 2.16. The van der Waals surface area contributed by atoms with Crippen LogP contribution in [0.4, 0.5) is 4.79 Å². The van der Waals surface area contributed by atoms with Crippen molar-refractivity contribution in [2.24, 2.45) is 0 Å². The first kappa shape index (κ1) is 16.8. The van der Waals surface area contributed by atoms with Crippen molar-refractivity contribution in [1.29, 1.82) is 0 Å². The highest BCUT2D eigenvalue weighted by atomic mass is 16.6. The molecule has 0 bridgehead atoms. The van der Waals surface area contributed by atoms with E-state index in [9.17, 15) is 9.59 Å². The maximum Gasteiger partial charge on any atom is 0.408 e. The monoisotopic (exact) mass is 291 g/mol. The van der Waals surface area contributed by atoms with Crippen molar-refractivity contribution in [3.63, 3.8) is 0 Å². The van der Waals surface area contributed by atoms with Crippen molar-refractivity contribution in [3.8, 4) is 0 Å². The summed E-state index contributed by atoms with van der Waals surface area (Å²) < 4.78 is 9.78. The van der Waals surface area contributed by atoms with Crippen molar-refractivity contribution in [2.75, 3.05) is 7.11 Å². The molecule has 0 aliphatic heterocycles. The van der Waals surface area contributed by atoms with Crippen LogP contribution in [-0.4, -0.2) is 24.8 Å². The molecule has 1 atom stereocenters. The van der Waals surface area contributed by atoms with E-state index < -0.39 is 23.7 Å². The molecule has 5 heteroatoms. The molecular formula is C16H21NO4. The Balaban J connectivity index is 2.85. The summed E-state index contributed by atoms with van der Waals surface area (Å²) in [6.07, 6.45) is 2.28. The maximum atomic E-state index is 11.9. The molecule has 5 nitrogen and oxygen atoms in total. The number of esters is 1. The van der Waals surface area contributed by atoms with Gasteiger partial charge in [-0.3, -0.25) is 0 Å². The van der Waals surface area contributed by atoms with Crippen LogP contribution in [0.15, 0.2) is 42.5 Å². The Kier molecular flexibility index (Phi) is 5.96. The van der Waals surface area contributed by atoms with Crippen LogP contribution in [0, 0.1) is 0 Å². The van der Waals surface area contributed by atoms with Crippen LogP contribution in [0.2, 0.25) is 0 Å². The summed E-state index contributed by atoms with van der Waals surface area (Å²) in [6, 6.07) is 8.81. The van der Waals surface area contributed by atoms with Crippen molar-refractivity contribution in [1.82, 2.24) is 5.32 Å². The Morgan fingerprint density at radius 2 is 1.81 bits per heavy atom. The molecule has 1 rings (SSSR count). The zero-order valence-electron chi connectivity index (χ0n) is 12.8. The summed E-state index contributed by atoms with van der Waals surface area (Å²) in [4.78, 5) is 23.1. The number of rotatable bonds is 4. The van der Waals surface area contributed by atoms with Crippen LogP contribution < -0.4 is 5.32 Å². The van der Waals surface area contributed by atoms with Crippen molar-refractivity contribution < 1.29 is 19.1 Å². The second-order valence-electron chi connectivity index (χ2n) is 5.42. The topological polar surface area (TPSA) is 64.6 Å². The zero-order valence-corrected chi connectivity index (χ0v) is 12.8. The van der Waals surface area contributed by atoms with Gasteiger partial charge in [-0.05, 0) is 26.3 Å². The molecule has 0 saturated carbocycles. The number of ether oxygens (including phenoxy) is 2. The molecule has 1 aromatic rings. The number of amides is 1. The minimum atomic E-state index is -0.586. The minimum absolute atomic E-state index is 0.472. The second kappa shape index (κ2) is 7.47. The van der Waals surface area contributed by atoms with E-state index in [2.05, 4.69) is 10.1 Å². The SMILES string of the molecule is COC(=O)/C=C/[C@H](NC(=O)OC(C)(C)C)c1ccccc1. The highest BCUT2D eigenvalue weighted by Gasteiger charge is 2.19. The number of nitrogens with one attached hydrogen (secondary N) is 1. The Morgan fingerprint density at radius 3 is 2.33 bits per heavy atom. The highest BCUT2D eigenvalue weighted by molar-refractivity contribution is 5.82. The van der Waals surface area contributed by atoms with E-state index in [1.54, 1.807) is 26.8 Å². The zero-order chi connectivity index (χ0) is 15.9. The van der Waals surface area contributed by atoms with Gasteiger partial charge in [0.1, 0.15) is 5.60 Å². The van der Waals surface area contributed by atoms with Crippen LogP contribution in [-0.2, 0) is 14.3 Å². The van der Waals surface area contributed by atoms with Crippen molar-refractivity contribution in [2.45, 2.75) is 32.4 Å². The summed E-state index contributed by atoms with van der Waals surface area (Å²) in [7, 11) is 1.30. The molecule has 0 fully saturated rings. The first-order chi connectivity index (χ1) is 9.81. The van der Waals surface area contributed by atoms with Crippen LogP contribution >= 0.6 is 0 Å². The third-order valence-electron chi connectivity index (χ3n) is 2.46. The molecule has 114 valence electrons. The molecule has 21 heavy (non-hydrogen) atoms. The van der Waals surface area contributed by atoms with Gasteiger partial charge in [0.05, 0.1) is 13.2 Å². The molecule has 0 unspecified atom stereocenters. The largest absolute Gasteiger partial charge is 0.466 e. The van der Waals surface area contributed by atoms with Gasteiger partial charge in [-0.2, -0.15) is 0 Å². The van der Waals surface area contributed by atoms with Crippen LogP contribution in [0.25, 0.3) is 0 Å². The molecule has 0 radical (unpaired) electrons. The van der Waals surface area contributed by atoms with Gasteiger partial charge in [0.2, 0.25) is 0 Å². The van der Waals surface area contributed by atoms with Gasteiger partial charge < -0.3 is 14.8 Å². The number of methoxy groups -OCH3 is 1. The molecule has 0 saturated heterocycles. The van der Waals surface area contributed by atoms with Gasteiger partial charge in [-0.15, -0.1) is 0 Å². The van der Waals surface area contributed by atoms with Gasteiger partial charge in [0, 0.05) is 6.08 Å². The molecule has 0 aliphatic carbocycles. The van der Waals surface area contributed by atoms with E-state index >= 15 is 0 Å².